The number of hydrogen-bond acceptors (Lipinski definition) is 4. The van der Waals surface area contributed by atoms with Gasteiger partial charge < -0.3 is 15.2 Å². The maximum Gasteiger partial charge on any atom is 0.312 e. The molecule has 0 bridgehead atoms. The van der Waals surface area contributed by atoms with Crippen molar-refractivity contribution < 1.29 is 14.6 Å². The maximum atomic E-state index is 11.0. The maximum absolute atomic E-state index is 11.0. The number of nitrogens with zero attached hydrogens (tertiary/aromatic N) is 1. The Morgan fingerprint density at radius 3 is 2.32 bits per heavy atom. The normalized spacial score (nSPS) is 11.0. The Hall–Kier alpha value is -2.56. The number of nitrogens with one attached hydrogen (secondary N) is 1. The summed E-state index contributed by atoms with van der Waals surface area (Å²) in [5.41, 5.74) is 2.15. The van der Waals surface area contributed by atoms with Gasteiger partial charge >= 0.3 is 5.97 Å². The van der Waals surface area contributed by atoms with Crippen LogP contribution in [0, 0.1) is 5.41 Å². The second-order valence-electron chi connectivity index (χ2n) is 5.69. The third-order valence-corrected chi connectivity index (χ3v) is 3.40. The molecule has 0 unspecified atom stereocenters. The van der Waals surface area contributed by atoms with Crippen LogP contribution >= 0.6 is 0 Å². The summed E-state index contributed by atoms with van der Waals surface area (Å²) in [4.78, 5) is 15.3. The molecule has 0 aliphatic rings. The summed E-state index contributed by atoms with van der Waals surface area (Å²) in [5, 5.41) is 12.1. The molecule has 2 N–H and O–H groups in total. The Morgan fingerprint density at radius 1 is 1.18 bits per heavy atom. The van der Waals surface area contributed by atoms with Crippen molar-refractivity contribution in [1.29, 1.82) is 0 Å². The van der Waals surface area contributed by atoms with Gasteiger partial charge in [-0.2, -0.15) is 0 Å². The van der Waals surface area contributed by atoms with E-state index in [0.717, 1.165) is 16.8 Å². The number of hydrogen-bond donors (Lipinski definition) is 2. The molecule has 1 heterocycles. The van der Waals surface area contributed by atoms with E-state index in [9.17, 15) is 4.79 Å². The van der Waals surface area contributed by atoms with Crippen molar-refractivity contribution in [1.82, 2.24) is 4.98 Å². The van der Waals surface area contributed by atoms with Crippen molar-refractivity contribution >= 4 is 11.7 Å². The van der Waals surface area contributed by atoms with Gasteiger partial charge in [0.2, 0.25) is 5.88 Å². The summed E-state index contributed by atoms with van der Waals surface area (Å²) in [5.74, 6) is -0.473. The number of rotatable bonds is 6. The first-order valence-corrected chi connectivity index (χ1v) is 7.03. The van der Waals surface area contributed by atoms with Gasteiger partial charge in [0.05, 0.1) is 5.41 Å². The molecule has 0 radical (unpaired) electrons. The molecule has 1 aromatic carbocycles. The molecule has 5 nitrogen and oxygen atoms in total. The summed E-state index contributed by atoms with van der Waals surface area (Å²) < 4.78 is 5.46. The minimum atomic E-state index is -0.941. The largest absolute Gasteiger partial charge is 0.481 e. The molecular formula is C17H20N2O3. The van der Waals surface area contributed by atoms with Gasteiger partial charge in [-0.1, -0.05) is 12.1 Å². The second kappa shape index (κ2) is 6.47. The van der Waals surface area contributed by atoms with Gasteiger partial charge in [-0.25, -0.2) is 4.98 Å². The minimum Gasteiger partial charge on any atom is -0.481 e. The van der Waals surface area contributed by atoms with Crippen LogP contribution in [-0.4, -0.2) is 29.7 Å². The average Bonchev–Trinajstić information content (AvgIpc) is 2.53. The van der Waals surface area contributed by atoms with Crippen LogP contribution in [-0.2, 0) is 4.79 Å². The predicted octanol–water partition coefficient (Wildman–Crippen LogP) is 3.28. The zero-order chi connectivity index (χ0) is 16.2. The summed E-state index contributed by atoms with van der Waals surface area (Å²) in [6.07, 6.45) is 1.72. The van der Waals surface area contributed by atoms with Crippen molar-refractivity contribution in [3.8, 4) is 17.0 Å². The van der Waals surface area contributed by atoms with E-state index < -0.39 is 11.4 Å². The Kier molecular flexibility index (Phi) is 4.65. The first-order valence-electron chi connectivity index (χ1n) is 7.03. The van der Waals surface area contributed by atoms with E-state index in [-0.39, 0.29) is 6.61 Å². The first-order chi connectivity index (χ1) is 10.4. The Morgan fingerprint density at radius 2 is 1.82 bits per heavy atom. The third kappa shape index (κ3) is 3.75. The van der Waals surface area contributed by atoms with Gasteiger partial charge in [0, 0.05) is 30.6 Å². The van der Waals surface area contributed by atoms with Crippen LogP contribution in [0.2, 0.25) is 0 Å². The SMILES string of the molecule is CNc1ccc(-c2ccc(OCC(C)(C)C(=O)O)nc2)cc1. The highest BCUT2D eigenvalue weighted by atomic mass is 16.5. The van der Waals surface area contributed by atoms with Crippen molar-refractivity contribution in [2.24, 2.45) is 5.41 Å². The van der Waals surface area contributed by atoms with Crippen LogP contribution in [0.25, 0.3) is 11.1 Å². The zero-order valence-electron chi connectivity index (χ0n) is 13.0. The fourth-order valence-electron chi connectivity index (χ4n) is 1.78. The highest BCUT2D eigenvalue weighted by molar-refractivity contribution is 5.73. The summed E-state index contributed by atoms with van der Waals surface area (Å²) in [6.45, 7) is 3.31. The van der Waals surface area contributed by atoms with Gasteiger partial charge in [0.25, 0.3) is 0 Å². The summed E-state index contributed by atoms with van der Waals surface area (Å²) in [7, 11) is 1.88. The van der Waals surface area contributed by atoms with Gasteiger partial charge in [-0.15, -0.1) is 0 Å². The Labute approximate surface area is 130 Å². The van der Waals surface area contributed by atoms with Crippen LogP contribution in [0.4, 0.5) is 5.69 Å². The molecule has 0 aliphatic carbocycles. The van der Waals surface area contributed by atoms with Crippen LogP contribution in [0.3, 0.4) is 0 Å². The van der Waals surface area contributed by atoms with Gasteiger partial charge in [-0.05, 0) is 37.6 Å². The zero-order valence-corrected chi connectivity index (χ0v) is 13.0. The van der Waals surface area contributed by atoms with Crippen molar-refractivity contribution in [2.45, 2.75) is 13.8 Å². The molecule has 1 aromatic heterocycles. The molecule has 0 aliphatic heterocycles. The number of aliphatic carboxylic acids is 1. The van der Waals surface area contributed by atoms with E-state index >= 15 is 0 Å². The highest BCUT2D eigenvalue weighted by Crippen LogP contribution is 2.23. The fraction of sp³-hybridized carbons (Fsp3) is 0.294. The molecule has 0 atom stereocenters. The van der Waals surface area contributed by atoms with E-state index in [1.807, 2.05) is 37.4 Å². The van der Waals surface area contributed by atoms with Crippen LogP contribution in [0.15, 0.2) is 42.6 Å². The Bertz CT molecular complexity index is 634. The molecule has 0 fully saturated rings. The average molecular weight is 300 g/mol. The lowest BCUT2D eigenvalue weighted by molar-refractivity contribution is -0.148. The van der Waals surface area contributed by atoms with Gasteiger partial charge in [0.15, 0.2) is 0 Å². The van der Waals surface area contributed by atoms with E-state index in [0.29, 0.717) is 5.88 Å². The second-order valence-corrected chi connectivity index (χ2v) is 5.69. The standard InChI is InChI=1S/C17H20N2O3/c1-17(2,16(20)21)11-22-15-9-6-13(10-19-15)12-4-7-14(18-3)8-5-12/h4-10,18H,11H2,1-3H3,(H,20,21). The molecule has 116 valence electrons. The smallest absolute Gasteiger partial charge is 0.312 e. The number of benzene rings is 1. The quantitative estimate of drug-likeness (QED) is 0.856. The molecule has 0 saturated carbocycles. The van der Waals surface area contributed by atoms with Gasteiger partial charge in [-0.3, -0.25) is 4.79 Å². The number of aromatic nitrogens is 1. The van der Waals surface area contributed by atoms with Crippen LogP contribution in [0.5, 0.6) is 5.88 Å². The van der Waals surface area contributed by atoms with Crippen molar-refractivity contribution in [3.63, 3.8) is 0 Å². The monoisotopic (exact) mass is 300 g/mol. The topological polar surface area (TPSA) is 71.5 Å². The van der Waals surface area contributed by atoms with E-state index in [2.05, 4.69) is 10.3 Å². The number of carbonyl (C=O) groups is 1. The summed E-state index contributed by atoms with van der Waals surface area (Å²) >= 11 is 0. The van der Waals surface area contributed by atoms with Crippen LogP contribution < -0.4 is 10.1 Å². The summed E-state index contributed by atoms with van der Waals surface area (Å²) in [6, 6.07) is 11.7. The lowest BCUT2D eigenvalue weighted by Gasteiger charge is -2.18. The van der Waals surface area contributed by atoms with E-state index in [1.54, 1.807) is 26.1 Å². The van der Waals surface area contributed by atoms with Crippen LogP contribution in [0.1, 0.15) is 13.8 Å². The van der Waals surface area contributed by atoms with E-state index in [4.69, 9.17) is 9.84 Å². The van der Waals surface area contributed by atoms with Crippen molar-refractivity contribution in [3.05, 3.63) is 42.6 Å². The molecule has 0 saturated heterocycles. The first kappa shape index (κ1) is 15.8. The highest BCUT2D eigenvalue weighted by Gasteiger charge is 2.28. The number of ether oxygens (including phenoxy) is 1. The third-order valence-electron chi connectivity index (χ3n) is 3.40. The number of carboxylic acid groups (broad SMARTS) is 1. The molecule has 5 heteroatoms. The molecule has 0 amide bonds. The molecular weight excluding hydrogens is 280 g/mol. The molecule has 2 rings (SSSR count). The number of pyridine rings is 1. The molecule has 2 aromatic rings. The number of anilines is 1. The van der Waals surface area contributed by atoms with Crippen molar-refractivity contribution in [2.75, 3.05) is 19.0 Å². The number of carboxylic acids is 1. The lowest BCUT2D eigenvalue weighted by atomic mass is 9.95. The van der Waals surface area contributed by atoms with E-state index in [1.165, 1.54) is 0 Å². The lowest BCUT2D eigenvalue weighted by Crippen LogP contribution is -2.30. The molecule has 0 spiro atoms. The molecule has 22 heavy (non-hydrogen) atoms. The predicted molar refractivity (Wildman–Crippen MR) is 86.1 cm³/mol. The van der Waals surface area contributed by atoms with Gasteiger partial charge in [0.1, 0.15) is 6.61 Å². The fourth-order valence-corrected chi connectivity index (χ4v) is 1.78. The Balaban J connectivity index is 2.05. The minimum absolute atomic E-state index is 0.0749.